The molecule has 0 amide bonds. The van der Waals surface area contributed by atoms with E-state index in [0.717, 1.165) is 27.7 Å². The molecule has 0 atom stereocenters. The summed E-state index contributed by atoms with van der Waals surface area (Å²) in [5.74, 6) is 0. The highest BCUT2D eigenvalue weighted by Crippen LogP contribution is 2.46. The summed E-state index contributed by atoms with van der Waals surface area (Å²) >= 11 is 0. The lowest BCUT2D eigenvalue weighted by atomic mass is 9.85. The fourth-order valence-corrected chi connectivity index (χ4v) is 8.44. The molecule has 0 aliphatic heterocycles. The van der Waals surface area contributed by atoms with E-state index in [-0.39, 0.29) is 0 Å². The summed E-state index contributed by atoms with van der Waals surface area (Å²) in [5.41, 5.74) is 9.08. The third-order valence-corrected chi connectivity index (χ3v) is 10.8. The minimum absolute atomic E-state index is 0.919. The topological polar surface area (TPSA) is 13.1 Å². The van der Waals surface area contributed by atoms with Gasteiger partial charge in [-0.15, -0.1) is 0 Å². The lowest BCUT2D eigenvalue weighted by Gasteiger charge is -2.18. The third-order valence-electron chi connectivity index (χ3n) is 10.8. The smallest absolute Gasteiger partial charge is 0.143 e. The minimum Gasteiger partial charge on any atom is -0.455 e. The molecule has 0 spiro atoms. The first-order valence-corrected chi connectivity index (χ1v) is 17.6. The Hall–Kier alpha value is -6.70. The van der Waals surface area contributed by atoms with E-state index in [1.54, 1.807) is 0 Å². The van der Waals surface area contributed by atoms with E-state index in [1.165, 1.54) is 81.5 Å². The van der Waals surface area contributed by atoms with Gasteiger partial charge in [0.1, 0.15) is 11.2 Å². The maximum absolute atomic E-state index is 6.77. The summed E-state index contributed by atoms with van der Waals surface area (Å²) in [7, 11) is 0. The van der Waals surface area contributed by atoms with Crippen LogP contribution in [-0.2, 0) is 0 Å². The average Bonchev–Trinajstić information content (AvgIpc) is 3.57. The summed E-state index contributed by atoms with van der Waals surface area (Å²) in [6.07, 6.45) is 0. The van der Waals surface area contributed by atoms with Crippen LogP contribution >= 0.6 is 0 Å². The first-order valence-electron chi connectivity index (χ1n) is 17.6. The Morgan fingerprint density at radius 3 is 1.41 bits per heavy atom. The number of rotatable bonds is 3. The Kier molecular flexibility index (Phi) is 6.02. The Bertz CT molecular complexity index is 3120. The normalized spacial score (nSPS) is 11.9. The molecule has 0 aliphatic rings. The standard InChI is InChI=1S/C50H30O/c1-2-12-34-27-38(26-21-31(34)11-1)48-42-19-9-7-17-40(42)47(41-18-8-10-20-43(41)48)33-24-22-32(23-25-33)44-29-37-15-5-6-16-39(37)49-45-28-35-13-3-4-14-36(35)30-46(45)51-50(44)49/h1-30H. The van der Waals surface area contributed by atoms with E-state index >= 15 is 0 Å². The number of hydrogen-bond acceptors (Lipinski definition) is 1. The van der Waals surface area contributed by atoms with Crippen molar-refractivity contribution in [1.82, 2.24) is 0 Å². The van der Waals surface area contributed by atoms with E-state index in [2.05, 4.69) is 182 Å². The zero-order chi connectivity index (χ0) is 33.5. The lowest BCUT2D eigenvalue weighted by Crippen LogP contribution is -1.91. The summed E-state index contributed by atoms with van der Waals surface area (Å²) in [5, 5.41) is 14.7. The zero-order valence-corrected chi connectivity index (χ0v) is 27.7. The molecule has 0 radical (unpaired) electrons. The van der Waals surface area contributed by atoms with Gasteiger partial charge in [0.2, 0.25) is 0 Å². The predicted octanol–water partition coefficient (Wildman–Crippen LogP) is 14.4. The molecule has 1 aromatic heterocycles. The van der Waals surface area contributed by atoms with Crippen molar-refractivity contribution >= 4 is 75.8 Å². The van der Waals surface area contributed by atoms with Crippen LogP contribution in [0.15, 0.2) is 186 Å². The second-order valence-corrected chi connectivity index (χ2v) is 13.6. The van der Waals surface area contributed by atoms with E-state index in [4.69, 9.17) is 4.42 Å². The summed E-state index contributed by atoms with van der Waals surface area (Å²) in [6, 6.07) is 66.3. The largest absolute Gasteiger partial charge is 0.455 e. The maximum Gasteiger partial charge on any atom is 0.143 e. The van der Waals surface area contributed by atoms with Crippen LogP contribution < -0.4 is 0 Å². The number of benzene rings is 10. The van der Waals surface area contributed by atoms with Crippen LogP contribution in [0.4, 0.5) is 0 Å². The number of fused-ring (bicyclic) bond motifs is 9. The molecule has 236 valence electrons. The molecule has 0 aliphatic carbocycles. The van der Waals surface area contributed by atoms with Gasteiger partial charge in [-0.1, -0.05) is 158 Å². The van der Waals surface area contributed by atoms with Crippen LogP contribution in [0.25, 0.3) is 109 Å². The van der Waals surface area contributed by atoms with Gasteiger partial charge in [0.25, 0.3) is 0 Å². The molecule has 0 unspecified atom stereocenters. The molecule has 0 bridgehead atoms. The molecule has 0 saturated carbocycles. The lowest BCUT2D eigenvalue weighted by molar-refractivity contribution is 0.671. The van der Waals surface area contributed by atoms with E-state index in [0.29, 0.717) is 0 Å². The molecular formula is C50H30O. The molecular weight excluding hydrogens is 617 g/mol. The molecule has 1 heterocycles. The van der Waals surface area contributed by atoms with Crippen LogP contribution in [0.5, 0.6) is 0 Å². The highest BCUT2D eigenvalue weighted by Gasteiger charge is 2.19. The monoisotopic (exact) mass is 646 g/mol. The molecule has 10 aromatic carbocycles. The predicted molar refractivity (Wildman–Crippen MR) is 218 cm³/mol. The van der Waals surface area contributed by atoms with Gasteiger partial charge in [-0.3, -0.25) is 0 Å². The zero-order valence-electron chi connectivity index (χ0n) is 27.7. The van der Waals surface area contributed by atoms with Crippen LogP contribution in [0.1, 0.15) is 0 Å². The highest BCUT2D eigenvalue weighted by atomic mass is 16.3. The molecule has 11 rings (SSSR count). The van der Waals surface area contributed by atoms with E-state index < -0.39 is 0 Å². The molecule has 51 heavy (non-hydrogen) atoms. The Morgan fingerprint density at radius 1 is 0.294 bits per heavy atom. The van der Waals surface area contributed by atoms with Crippen LogP contribution in [0, 0.1) is 0 Å². The van der Waals surface area contributed by atoms with Gasteiger partial charge in [-0.05, 0) is 106 Å². The molecule has 0 N–H and O–H groups in total. The van der Waals surface area contributed by atoms with Gasteiger partial charge in [0.15, 0.2) is 0 Å². The van der Waals surface area contributed by atoms with Crippen molar-refractivity contribution in [3.05, 3.63) is 182 Å². The van der Waals surface area contributed by atoms with Crippen LogP contribution in [0.3, 0.4) is 0 Å². The number of hydrogen-bond donors (Lipinski definition) is 0. The maximum atomic E-state index is 6.77. The highest BCUT2D eigenvalue weighted by molar-refractivity contribution is 6.25. The van der Waals surface area contributed by atoms with Gasteiger partial charge in [-0.2, -0.15) is 0 Å². The van der Waals surface area contributed by atoms with E-state index in [1.807, 2.05) is 0 Å². The average molecular weight is 647 g/mol. The molecule has 1 nitrogen and oxygen atoms in total. The SMILES string of the molecule is c1ccc2cc(-c3c4ccccc4c(-c4ccc(-c5cc6ccccc6c6c5oc5cc7ccccc7cc56)cc4)c4ccccc34)ccc2c1. The van der Waals surface area contributed by atoms with Gasteiger partial charge in [0, 0.05) is 16.3 Å². The molecule has 11 aromatic rings. The Labute approximate surface area is 294 Å². The van der Waals surface area contributed by atoms with Crippen molar-refractivity contribution in [2.75, 3.05) is 0 Å². The first-order chi connectivity index (χ1) is 25.3. The van der Waals surface area contributed by atoms with E-state index in [9.17, 15) is 0 Å². The van der Waals surface area contributed by atoms with Gasteiger partial charge in [-0.25, -0.2) is 0 Å². The fraction of sp³-hybridized carbons (Fsp3) is 0. The number of furan rings is 1. The van der Waals surface area contributed by atoms with Crippen LogP contribution in [0.2, 0.25) is 0 Å². The van der Waals surface area contributed by atoms with Crippen molar-refractivity contribution in [1.29, 1.82) is 0 Å². The summed E-state index contributed by atoms with van der Waals surface area (Å²) < 4.78 is 6.77. The summed E-state index contributed by atoms with van der Waals surface area (Å²) in [4.78, 5) is 0. The second-order valence-electron chi connectivity index (χ2n) is 13.6. The summed E-state index contributed by atoms with van der Waals surface area (Å²) in [6.45, 7) is 0. The van der Waals surface area contributed by atoms with Crippen molar-refractivity contribution < 1.29 is 4.42 Å². The van der Waals surface area contributed by atoms with Crippen molar-refractivity contribution in [3.8, 4) is 33.4 Å². The van der Waals surface area contributed by atoms with Crippen LogP contribution in [-0.4, -0.2) is 0 Å². The molecule has 0 fully saturated rings. The third kappa shape index (κ3) is 4.28. The quantitative estimate of drug-likeness (QED) is 0.174. The molecule has 1 heteroatoms. The fourth-order valence-electron chi connectivity index (χ4n) is 8.44. The second kappa shape index (κ2) is 10.9. The molecule has 0 saturated heterocycles. The van der Waals surface area contributed by atoms with Gasteiger partial charge in [0.05, 0.1) is 0 Å². The van der Waals surface area contributed by atoms with Gasteiger partial charge >= 0.3 is 0 Å². The van der Waals surface area contributed by atoms with Crippen molar-refractivity contribution in [2.45, 2.75) is 0 Å². The van der Waals surface area contributed by atoms with Crippen molar-refractivity contribution in [2.24, 2.45) is 0 Å². The Balaban J connectivity index is 1.12. The van der Waals surface area contributed by atoms with Crippen molar-refractivity contribution in [3.63, 3.8) is 0 Å². The minimum atomic E-state index is 0.919. The first kappa shape index (κ1) is 28.2. The Morgan fingerprint density at radius 2 is 0.765 bits per heavy atom. The van der Waals surface area contributed by atoms with Gasteiger partial charge < -0.3 is 4.42 Å².